The third-order valence-corrected chi connectivity index (χ3v) is 3.90. The Morgan fingerprint density at radius 2 is 0.765 bits per heavy atom. The first-order valence-electron chi connectivity index (χ1n) is 7.41. The molecule has 0 aliphatic rings. The molecule has 0 aromatic rings. The van der Waals surface area contributed by atoms with Gasteiger partial charge in [-0.25, -0.2) is 8.78 Å². The van der Waals surface area contributed by atoms with Gasteiger partial charge in [0.1, 0.15) is 0 Å². The number of alkyl halides is 20. The van der Waals surface area contributed by atoms with E-state index in [1.165, 1.54) is 0 Å². The van der Waals surface area contributed by atoms with Gasteiger partial charge in [0.2, 0.25) is 0 Å². The number of ether oxygens (including phenoxy) is 1. The molecule has 0 fully saturated rings. The molecule has 34 heavy (non-hydrogen) atoms. The monoisotopic (exact) mass is 558 g/mol. The molecule has 0 aliphatic carbocycles. The summed E-state index contributed by atoms with van der Waals surface area (Å²) in [7, 11) is 0. The van der Waals surface area contributed by atoms with Crippen LogP contribution in [0, 0.1) is 0 Å². The van der Waals surface area contributed by atoms with Gasteiger partial charge in [-0.1, -0.05) is 6.58 Å². The molecule has 1 nitrogen and oxygen atoms in total. The zero-order chi connectivity index (χ0) is 28.2. The van der Waals surface area contributed by atoms with Crippen LogP contribution in [-0.4, -0.2) is 66.3 Å². The van der Waals surface area contributed by atoms with E-state index in [1.54, 1.807) is 0 Å². The minimum absolute atomic E-state index is 0.241. The van der Waals surface area contributed by atoms with Gasteiger partial charge < -0.3 is 4.74 Å². The molecule has 0 aliphatic heterocycles. The van der Waals surface area contributed by atoms with Gasteiger partial charge in [0.05, 0.1) is 6.26 Å². The Kier molecular flexibility index (Phi) is 7.91. The third kappa shape index (κ3) is 3.89. The van der Waals surface area contributed by atoms with Gasteiger partial charge in [-0.2, -0.15) is 79.0 Å². The molecule has 0 N–H and O–H groups in total. The fourth-order valence-electron chi connectivity index (χ4n) is 1.82. The normalized spacial score (nSPS) is 16.1. The van der Waals surface area contributed by atoms with Crippen LogP contribution in [0.2, 0.25) is 0 Å². The van der Waals surface area contributed by atoms with Crippen molar-refractivity contribution in [2.75, 3.05) is 6.61 Å². The van der Waals surface area contributed by atoms with Crippen LogP contribution >= 0.6 is 0 Å². The van der Waals surface area contributed by atoms with E-state index in [2.05, 4.69) is 11.3 Å². The summed E-state index contributed by atoms with van der Waals surface area (Å²) in [5.74, 6) is -75.0. The molecule has 0 saturated carbocycles. The molecule has 204 valence electrons. The molecule has 0 rings (SSSR count). The highest BCUT2D eigenvalue weighted by Gasteiger charge is 2.96. The average Bonchev–Trinajstić information content (AvgIpc) is 2.64. The summed E-state index contributed by atoms with van der Waals surface area (Å²) in [6, 6.07) is 0. The van der Waals surface area contributed by atoms with Gasteiger partial charge in [-0.3, -0.25) is 0 Å². The van der Waals surface area contributed by atoms with E-state index >= 15 is 0 Å². The van der Waals surface area contributed by atoms with E-state index in [4.69, 9.17) is 0 Å². The summed E-state index contributed by atoms with van der Waals surface area (Å²) in [5.41, 5.74) is 0. The zero-order valence-corrected chi connectivity index (χ0v) is 15.0. The number of halogens is 20. The second-order valence-corrected chi connectivity index (χ2v) is 6.13. The maximum absolute atomic E-state index is 13.4. The quantitative estimate of drug-likeness (QED) is 0.183. The highest BCUT2D eigenvalue weighted by atomic mass is 19.4. The van der Waals surface area contributed by atoms with Crippen molar-refractivity contribution < 1.29 is 92.5 Å². The fourth-order valence-corrected chi connectivity index (χ4v) is 1.82. The Balaban J connectivity index is 6.91. The Morgan fingerprint density at radius 1 is 0.500 bits per heavy atom. The lowest BCUT2D eigenvalue weighted by Crippen LogP contribution is -2.76. The first kappa shape index (κ1) is 32.1. The molecular weight excluding hydrogens is 552 g/mol. The van der Waals surface area contributed by atoms with E-state index in [0.29, 0.717) is 0 Å². The van der Waals surface area contributed by atoms with Gasteiger partial charge in [-0.15, -0.1) is 0 Å². The number of hydrogen-bond acceptors (Lipinski definition) is 1. The standard InChI is InChI=1S/C13H6F20O/c1-2-34-3-5(16,17)7(20,21)9(24,25)11(28,29)13(32,33)12(30,31)10(26,27)8(22,23)6(18,19)4(14)15/h2,4H,1,3H2. The number of rotatable bonds is 12. The molecular formula is C13H6F20O. The second-order valence-electron chi connectivity index (χ2n) is 6.13. The summed E-state index contributed by atoms with van der Waals surface area (Å²) in [6.07, 6.45) is -6.33. The average molecular weight is 558 g/mol. The summed E-state index contributed by atoms with van der Waals surface area (Å²) >= 11 is 0. The van der Waals surface area contributed by atoms with Crippen molar-refractivity contribution in [3.8, 4) is 0 Å². The van der Waals surface area contributed by atoms with E-state index < -0.39 is 66.3 Å². The molecule has 0 unspecified atom stereocenters. The lowest BCUT2D eigenvalue weighted by Gasteiger charge is -2.44. The van der Waals surface area contributed by atoms with E-state index in [1.807, 2.05) is 0 Å². The molecule has 0 radical (unpaired) electrons. The van der Waals surface area contributed by atoms with Crippen molar-refractivity contribution in [2.24, 2.45) is 0 Å². The molecule has 21 heteroatoms. The summed E-state index contributed by atoms with van der Waals surface area (Å²) < 4.78 is 265. The van der Waals surface area contributed by atoms with Crippen LogP contribution < -0.4 is 0 Å². The predicted molar refractivity (Wildman–Crippen MR) is 66.7 cm³/mol. The predicted octanol–water partition coefficient (Wildman–Crippen LogP) is 7.13. The first-order valence-corrected chi connectivity index (χ1v) is 7.41. The first-order chi connectivity index (χ1) is 14.5. The Hall–Kier alpha value is -1.86. The Bertz CT molecular complexity index is 737. The Morgan fingerprint density at radius 3 is 1.03 bits per heavy atom. The molecule has 0 aromatic heterocycles. The van der Waals surface area contributed by atoms with Crippen molar-refractivity contribution in [3.05, 3.63) is 12.8 Å². The van der Waals surface area contributed by atoms with E-state index in [0.717, 1.165) is 0 Å². The summed E-state index contributed by atoms with van der Waals surface area (Å²) in [4.78, 5) is 0. The molecule has 0 saturated heterocycles. The minimum Gasteiger partial charge on any atom is -0.495 e. The molecule has 0 bridgehead atoms. The van der Waals surface area contributed by atoms with Crippen molar-refractivity contribution in [2.45, 2.75) is 59.7 Å². The summed E-state index contributed by atoms with van der Waals surface area (Å²) in [5, 5.41) is 0. The van der Waals surface area contributed by atoms with Crippen molar-refractivity contribution in [3.63, 3.8) is 0 Å². The maximum Gasteiger partial charge on any atom is 0.385 e. The molecule has 0 aromatic carbocycles. The van der Waals surface area contributed by atoms with Crippen molar-refractivity contribution in [1.29, 1.82) is 0 Å². The second kappa shape index (κ2) is 8.37. The molecule has 0 heterocycles. The van der Waals surface area contributed by atoms with Gasteiger partial charge in [-0.05, 0) is 0 Å². The lowest BCUT2D eigenvalue weighted by molar-refractivity contribution is -0.465. The van der Waals surface area contributed by atoms with Crippen LogP contribution in [0.25, 0.3) is 0 Å². The van der Waals surface area contributed by atoms with Crippen LogP contribution in [-0.2, 0) is 4.74 Å². The van der Waals surface area contributed by atoms with Crippen molar-refractivity contribution in [1.82, 2.24) is 0 Å². The maximum atomic E-state index is 13.4. The lowest BCUT2D eigenvalue weighted by atomic mass is 9.86. The summed E-state index contributed by atoms with van der Waals surface area (Å²) in [6.45, 7) is -0.719. The SMILES string of the molecule is C=COCC(F)(F)C(F)(F)C(F)(F)C(F)(F)C(F)(F)C(F)(F)C(F)(F)C(F)(F)C(F)(F)C(F)F. The third-order valence-electron chi connectivity index (χ3n) is 3.90. The van der Waals surface area contributed by atoms with Crippen LogP contribution in [0.1, 0.15) is 0 Å². The van der Waals surface area contributed by atoms with Crippen molar-refractivity contribution >= 4 is 0 Å². The number of hydrogen-bond donors (Lipinski definition) is 0. The van der Waals surface area contributed by atoms with Gasteiger partial charge in [0, 0.05) is 0 Å². The largest absolute Gasteiger partial charge is 0.495 e. The minimum atomic E-state index is -9.01. The Labute approximate surface area is 173 Å². The van der Waals surface area contributed by atoms with Gasteiger partial charge in [0.25, 0.3) is 0 Å². The van der Waals surface area contributed by atoms with Crippen LogP contribution in [0.4, 0.5) is 87.8 Å². The van der Waals surface area contributed by atoms with Gasteiger partial charge >= 0.3 is 59.7 Å². The van der Waals surface area contributed by atoms with E-state index in [9.17, 15) is 87.8 Å². The van der Waals surface area contributed by atoms with Gasteiger partial charge in [0.15, 0.2) is 6.61 Å². The zero-order valence-electron chi connectivity index (χ0n) is 15.0. The smallest absolute Gasteiger partial charge is 0.385 e. The highest BCUT2D eigenvalue weighted by molar-refractivity contribution is 5.17. The van der Waals surface area contributed by atoms with Crippen LogP contribution in [0.5, 0.6) is 0 Å². The van der Waals surface area contributed by atoms with Crippen LogP contribution in [0.3, 0.4) is 0 Å². The molecule has 0 atom stereocenters. The van der Waals surface area contributed by atoms with E-state index in [-0.39, 0.29) is 6.26 Å². The highest BCUT2D eigenvalue weighted by Crippen LogP contribution is 2.65. The van der Waals surface area contributed by atoms with Crippen LogP contribution in [0.15, 0.2) is 12.8 Å². The molecule has 0 amide bonds. The topological polar surface area (TPSA) is 9.23 Å². The molecule has 0 spiro atoms. The fraction of sp³-hybridized carbons (Fsp3) is 0.846.